The van der Waals surface area contributed by atoms with Gasteiger partial charge >= 0.3 is 0 Å². The quantitative estimate of drug-likeness (QED) is 0.456. The zero-order valence-corrected chi connectivity index (χ0v) is 16.8. The van der Waals surface area contributed by atoms with Crippen molar-refractivity contribution in [3.63, 3.8) is 0 Å². The molecular formula is C21H20FN3O3S. The van der Waals surface area contributed by atoms with Crippen molar-refractivity contribution in [2.45, 2.75) is 24.3 Å². The van der Waals surface area contributed by atoms with Crippen LogP contribution in [0.3, 0.4) is 0 Å². The number of para-hydroxylation sites is 2. The predicted molar refractivity (Wildman–Crippen MR) is 111 cm³/mol. The highest BCUT2D eigenvalue weighted by Gasteiger charge is 2.14. The second-order valence-corrected chi connectivity index (χ2v) is 7.24. The molecule has 0 aliphatic carbocycles. The Hall–Kier alpha value is -3.13. The summed E-state index contributed by atoms with van der Waals surface area (Å²) in [5, 5.41) is 3.20. The average molecular weight is 413 g/mol. The number of ether oxygens (including phenoxy) is 1. The second-order valence-electron chi connectivity index (χ2n) is 6.28. The lowest BCUT2D eigenvalue weighted by Gasteiger charge is -2.11. The number of halogens is 1. The Morgan fingerprint density at radius 3 is 2.62 bits per heavy atom. The molecule has 1 aromatic heterocycles. The first-order valence-corrected chi connectivity index (χ1v) is 9.84. The van der Waals surface area contributed by atoms with Gasteiger partial charge in [-0.25, -0.2) is 9.37 Å². The van der Waals surface area contributed by atoms with Crippen molar-refractivity contribution >= 4 is 23.4 Å². The fourth-order valence-electron chi connectivity index (χ4n) is 2.70. The van der Waals surface area contributed by atoms with Gasteiger partial charge in [0.1, 0.15) is 11.6 Å². The van der Waals surface area contributed by atoms with E-state index in [0.29, 0.717) is 33.6 Å². The lowest BCUT2D eigenvalue weighted by atomic mass is 10.1. The molecule has 0 fully saturated rings. The van der Waals surface area contributed by atoms with Crippen molar-refractivity contribution in [1.29, 1.82) is 0 Å². The summed E-state index contributed by atoms with van der Waals surface area (Å²) >= 11 is 1.34. The number of aromatic nitrogens is 2. The SMILES string of the molecule is COc1ccccc1NC(=O)Cc1c(C)nc(SCc2ccc(F)cc2)[nH]c1=O. The molecule has 0 atom stereocenters. The summed E-state index contributed by atoms with van der Waals surface area (Å²) in [6, 6.07) is 13.2. The third kappa shape index (κ3) is 5.45. The summed E-state index contributed by atoms with van der Waals surface area (Å²) in [5.74, 6) is 0.446. The number of hydrogen-bond acceptors (Lipinski definition) is 5. The van der Waals surface area contributed by atoms with Gasteiger partial charge < -0.3 is 15.0 Å². The van der Waals surface area contributed by atoms with Gasteiger partial charge in [0.05, 0.1) is 19.2 Å². The third-order valence-electron chi connectivity index (χ3n) is 4.21. The van der Waals surface area contributed by atoms with E-state index in [9.17, 15) is 14.0 Å². The van der Waals surface area contributed by atoms with Crippen molar-refractivity contribution in [1.82, 2.24) is 9.97 Å². The highest BCUT2D eigenvalue weighted by Crippen LogP contribution is 2.23. The van der Waals surface area contributed by atoms with E-state index in [4.69, 9.17) is 4.74 Å². The fourth-order valence-corrected chi connectivity index (χ4v) is 3.56. The van der Waals surface area contributed by atoms with Gasteiger partial charge in [-0.15, -0.1) is 0 Å². The molecule has 29 heavy (non-hydrogen) atoms. The van der Waals surface area contributed by atoms with Crippen LogP contribution in [0.2, 0.25) is 0 Å². The molecule has 150 valence electrons. The third-order valence-corrected chi connectivity index (χ3v) is 5.15. The standard InChI is InChI=1S/C21H20FN3O3S/c1-13-16(11-19(26)24-17-5-3-4-6-18(17)28-2)20(27)25-21(23-13)29-12-14-7-9-15(22)10-8-14/h3-10H,11-12H2,1-2H3,(H,24,26)(H,23,25,27). The number of rotatable bonds is 7. The van der Waals surface area contributed by atoms with Crippen LogP contribution in [0.25, 0.3) is 0 Å². The molecule has 0 aliphatic heterocycles. The van der Waals surface area contributed by atoms with Crippen LogP contribution >= 0.6 is 11.8 Å². The highest BCUT2D eigenvalue weighted by atomic mass is 32.2. The van der Waals surface area contributed by atoms with Crippen LogP contribution in [0.4, 0.5) is 10.1 Å². The number of nitrogens with zero attached hydrogens (tertiary/aromatic N) is 1. The molecule has 1 heterocycles. The lowest BCUT2D eigenvalue weighted by Crippen LogP contribution is -2.24. The Labute approximate surface area is 171 Å². The molecule has 3 aromatic rings. The van der Waals surface area contributed by atoms with Crippen LogP contribution < -0.4 is 15.6 Å². The van der Waals surface area contributed by atoms with Crippen LogP contribution in [0, 0.1) is 12.7 Å². The molecule has 0 saturated heterocycles. The summed E-state index contributed by atoms with van der Waals surface area (Å²) in [6.07, 6.45) is -0.102. The van der Waals surface area contributed by atoms with Crippen molar-refractivity contribution in [3.05, 3.63) is 81.5 Å². The number of aromatic amines is 1. The number of carbonyl (C=O) groups excluding carboxylic acids is 1. The molecule has 0 spiro atoms. The molecule has 0 aliphatic rings. The maximum Gasteiger partial charge on any atom is 0.255 e. The van der Waals surface area contributed by atoms with E-state index in [1.807, 2.05) is 0 Å². The van der Waals surface area contributed by atoms with Crippen molar-refractivity contribution in [2.75, 3.05) is 12.4 Å². The average Bonchev–Trinajstić information content (AvgIpc) is 2.71. The van der Waals surface area contributed by atoms with Gasteiger partial charge in [0.15, 0.2) is 5.16 Å². The van der Waals surface area contributed by atoms with Gasteiger partial charge in [0, 0.05) is 17.0 Å². The van der Waals surface area contributed by atoms with Gasteiger partial charge in [-0.2, -0.15) is 0 Å². The first-order chi connectivity index (χ1) is 14.0. The summed E-state index contributed by atoms with van der Waals surface area (Å²) in [5.41, 5.74) is 1.90. The molecule has 0 radical (unpaired) electrons. The van der Waals surface area contributed by atoms with Gasteiger partial charge in [-0.05, 0) is 36.8 Å². The van der Waals surface area contributed by atoms with Gasteiger partial charge in [0.25, 0.3) is 5.56 Å². The first kappa shape index (κ1) is 20.6. The van der Waals surface area contributed by atoms with E-state index in [-0.39, 0.29) is 23.7 Å². The topological polar surface area (TPSA) is 84.1 Å². The van der Waals surface area contributed by atoms with E-state index < -0.39 is 0 Å². The van der Waals surface area contributed by atoms with E-state index in [0.717, 1.165) is 5.56 Å². The number of aryl methyl sites for hydroxylation is 1. The molecule has 0 saturated carbocycles. The minimum Gasteiger partial charge on any atom is -0.495 e. The molecule has 0 unspecified atom stereocenters. The Kier molecular flexibility index (Phi) is 6.66. The van der Waals surface area contributed by atoms with E-state index >= 15 is 0 Å². The van der Waals surface area contributed by atoms with Crippen LogP contribution in [0.5, 0.6) is 5.75 Å². The van der Waals surface area contributed by atoms with Crippen molar-refractivity contribution in [2.24, 2.45) is 0 Å². The maximum absolute atomic E-state index is 13.0. The molecular weight excluding hydrogens is 393 g/mol. The molecule has 3 rings (SSSR count). The Bertz CT molecular complexity index is 1070. The largest absolute Gasteiger partial charge is 0.495 e. The number of thioether (sulfide) groups is 1. The van der Waals surface area contributed by atoms with Crippen LogP contribution in [0.1, 0.15) is 16.8 Å². The summed E-state index contributed by atoms with van der Waals surface area (Å²) in [6.45, 7) is 1.70. The molecule has 6 nitrogen and oxygen atoms in total. The number of nitrogens with one attached hydrogen (secondary N) is 2. The highest BCUT2D eigenvalue weighted by molar-refractivity contribution is 7.98. The number of anilines is 1. The fraction of sp³-hybridized carbons (Fsp3) is 0.190. The molecule has 1 amide bonds. The zero-order valence-electron chi connectivity index (χ0n) is 16.0. The Morgan fingerprint density at radius 1 is 1.21 bits per heavy atom. The number of hydrogen-bond donors (Lipinski definition) is 2. The summed E-state index contributed by atoms with van der Waals surface area (Å²) in [7, 11) is 1.52. The first-order valence-electron chi connectivity index (χ1n) is 8.86. The summed E-state index contributed by atoms with van der Waals surface area (Å²) in [4.78, 5) is 32.0. The van der Waals surface area contributed by atoms with Crippen molar-refractivity contribution < 1.29 is 13.9 Å². The number of amides is 1. The van der Waals surface area contributed by atoms with E-state index in [1.165, 1.54) is 31.0 Å². The monoisotopic (exact) mass is 413 g/mol. The number of carbonyl (C=O) groups is 1. The van der Waals surface area contributed by atoms with Crippen molar-refractivity contribution in [3.8, 4) is 5.75 Å². The number of H-pyrrole nitrogens is 1. The van der Waals surface area contributed by atoms with Gasteiger partial charge in [-0.3, -0.25) is 9.59 Å². The Balaban J connectivity index is 1.68. The zero-order chi connectivity index (χ0) is 20.8. The van der Waals surface area contributed by atoms with E-state index in [2.05, 4.69) is 15.3 Å². The lowest BCUT2D eigenvalue weighted by molar-refractivity contribution is -0.115. The minimum atomic E-state index is -0.353. The molecule has 2 aromatic carbocycles. The maximum atomic E-state index is 13.0. The normalized spacial score (nSPS) is 10.6. The summed E-state index contributed by atoms with van der Waals surface area (Å²) < 4.78 is 18.2. The number of benzene rings is 2. The van der Waals surface area contributed by atoms with Crippen LogP contribution in [-0.2, 0) is 17.0 Å². The van der Waals surface area contributed by atoms with Crippen LogP contribution in [-0.4, -0.2) is 23.0 Å². The molecule has 0 bridgehead atoms. The van der Waals surface area contributed by atoms with Crippen LogP contribution in [0.15, 0.2) is 58.5 Å². The molecule has 2 N–H and O–H groups in total. The number of methoxy groups -OCH3 is 1. The predicted octanol–water partition coefficient (Wildman–Crippen LogP) is 3.70. The Morgan fingerprint density at radius 2 is 1.93 bits per heavy atom. The second kappa shape index (κ2) is 9.38. The smallest absolute Gasteiger partial charge is 0.255 e. The minimum absolute atomic E-state index is 0.102. The van der Waals surface area contributed by atoms with Gasteiger partial charge in [-0.1, -0.05) is 36.0 Å². The van der Waals surface area contributed by atoms with E-state index in [1.54, 1.807) is 43.3 Å². The molecule has 8 heteroatoms. The van der Waals surface area contributed by atoms with Gasteiger partial charge in [0.2, 0.25) is 5.91 Å².